The van der Waals surface area contributed by atoms with Crippen molar-refractivity contribution in [1.82, 2.24) is 21.1 Å². The molecule has 1 amide bonds. The SMILES string of the molecule is CC(=O)N1CCOC[C@@]2(CC[C@@H](CNCC3CNNC3c3ccccc3)O2)C1. The number of hydrogen-bond acceptors (Lipinski definition) is 6. The van der Waals surface area contributed by atoms with Crippen LogP contribution in [0.2, 0.25) is 0 Å². The van der Waals surface area contributed by atoms with Crippen molar-refractivity contribution < 1.29 is 14.3 Å². The Balaban J connectivity index is 1.26. The Morgan fingerprint density at radius 3 is 3.00 bits per heavy atom. The molecule has 0 bridgehead atoms. The molecule has 3 N–H and O–H groups in total. The van der Waals surface area contributed by atoms with Crippen molar-refractivity contribution in [3.63, 3.8) is 0 Å². The number of nitrogens with one attached hydrogen (secondary N) is 3. The first kappa shape index (κ1) is 19.8. The second kappa shape index (κ2) is 8.88. The normalized spacial score (nSPS) is 33.3. The largest absolute Gasteiger partial charge is 0.377 e. The molecular weight excluding hydrogens is 356 g/mol. The van der Waals surface area contributed by atoms with E-state index in [1.807, 2.05) is 4.90 Å². The lowest BCUT2D eigenvalue weighted by Gasteiger charge is -2.31. The Labute approximate surface area is 167 Å². The molecule has 2 unspecified atom stereocenters. The second-order valence-corrected chi connectivity index (χ2v) is 8.29. The highest BCUT2D eigenvalue weighted by Gasteiger charge is 2.43. The summed E-state index contributed by atoms with van der Waals surface area (Å²) in [6.07, 6.45) is 2.13. The lowest BCUT2D eigenvalue weighted by atomic mass is 9.95. The van der Waals surface area contributed by atoms with Crippen LogP contribution in [0.5, 0.6) is 0 Å². The van der Waals surface area contributed by atoms with Crippen LogP contribution in [-0.2, 0) is 14.3 Å². The first-order chi connectivity index (χ1) is 13.7. The van der Waals surface area contributed by atoms with Gasteiger partial charge in [-0.05, 0) is 18.4 Å². The minimum Gasteiger partial charge on any atom is -0.377 e. The molecule has 4 rings (SSSR count). The number of benzene rings is 1. The first-order valence-corrected chi connectivity index (χ1v) is 10.4. The van der Waals surface area contributed by atoms with Gasteiger partial charge in [0.1, 0.15) is 5.60 Å². The van der Waals surface area contributed by atoms with Crippen molar-refractivity contribution >= 4 is 5.91 Å². The lowest BCUT2D eigenvalue weighted by molar-refractivity contribution is -0.133. The van der Waals surface area contributed by atoms with Gasteiger partial charge in [-0.15, -0.1) is 0 Å². The molecule has 3 aliphatic rings. The maximum Gasteiger partial charge on any atom is 0.219 e. The number of rotatable bonds is 5. The van der Waals surface area contributed by atoms with Crippen LogP contribution >= 0.6 is 0 Å². The van der Waals surface area contributed by atoms with Gasteiger partial charge in [-0.25, -0.2) is 5.43 Å². The van der Waals surface area contributed by atoms with Crippen molar-refractivity contribution in [1.29, 1.82) is 0 Å². The highest BCUT2D eigenvalue weighted by Crippen LogP contribution is 2.33. The zero-order valence-electron chi connectivity index (χ0n) is 16.7. The summed E-state index contributed by atoms with van der Waals surface area (Å²) in [5.74, 6) is 0.593. The summed E-state index contributed by atoms with van der Waals surface area (Å²) in [6, 6.07) is 10.9. The van der Waals surface area contributed by atoms with E-state index in [0.717, 1.165) is 32.5 Å². The van der Waals surface area contributed by atoms with Crippen LogP contribution < -0.4 is 16.2 Å². The molecule has 3 heterocycles. The van der Waals surface area contributed by atoms with E-state index in [9.17, 15) is 4.79 Å². The fraction of sp³-hybridized carbons (Fsp3) is 0.667. The molecule has 7 heteroatoms. The summed E-state index contributed by atoms with van der Waals surface area (Å²) in [6.45, 7) is 6.82. The van der Waals surface area contributed by atoms with Crippen LogP contribution in [0, 0.1) is 5.92 Å². The molecule has 1 spiro atoms. The number of ether oxygens (including phenoxy) is 2. The van der Waals surface area contributed by atoms with Gasteiger partial charge in [0, 0.05) is 39.0 Å². The molecule has 0 saturated carbocycles. The molecule has 0 aliphatic carbocycles. The Morgan fingerprint density at radius 2 is 2.18 bits per heavy atom. The Morgan fingerprint density at radius 1 is 1.32 bits per heavy atom. The smallest absolute Gasteiger partial charge is 0.219 e. The summed E-state index contributed by atoms with van der Waals surface area (Å²) in [5, 5.41) is 3.61. The van der Waals surface area contributed by atoms with Crippen LogP contribution in [0.25, 0.3) is 0 Å². The zero-order valence-corrected chi connectivity index (χ0v) is 16.7. The van der Waals surface area contributed by atoms with Gasteiger partial charge in [0.05, 0.1) is 31.9 Å². The van der Waals surface area contributed by atoms with E-state index in [1.165, 1.54) is 5.56 Å². The summed E-state index contributed by atoms with van der Waals surface area (Å²) in [7, 11) is 0. The highest BCUT2D eigenvalue weighted by molar-refractivity contribution is 5.73. The van der Waals surface area contributed by atoms with Crippen LogP contribution in [0.3, 0.4) is 0 Å². The topological polar surface area (TPSA) is 74.9 Å². The minimum absolute atomic E-state index is 0.100. The Hall–Kier alpha value is -1.51. The summed E-state index contributed by atoms with van der Waals surface area (Å²) in [5.41, 5.74) is 7.67. The van der Waals surface area contributed by atoms with E-state index in [0.29, 0.717) is 38.3 Å². The third-order valence-corrected chi connectivity index (χ3v) is 6.16. The molecule has 28 heavy (non-hydrogen) atoms. The van der Waals surface area contributed by atoms with Crippen molar-refractivity contribution in [3.8, 4) is 0 Å². The number of hydrazine groups is 1. The highest BCUT2D eigenvalue weighted by atomic mass is 16.6. The lowest BCUT2D eigenvalue weighted by Crippen LogP contribution is -2.46. The maximum absolute atomic E-state index is 11.8. The molecule has 4 atom stereocenters. The Kier molecular flexibility index (Phi) is 6.28. The summed E-state index contributed by atoms with van der Waals surface area (Å²) < 4.78 is 12.2. The molecule has 1 aromatic carbocycles. The average molecular weight is 389 g/mol. The number of carbonyl (C=O) groups excluding carboxylic acids is 1. The monoisotopic (exact) mass is 388 g/mol. The third kappa shape index (κ3) is 4.55. The van der Waals surface area contributed by atoms with Crippen LogP contribution in [0.15, 0.2) is 30.3 Å². The second-order valence-electron chi connectivity index (χ2n) is 8.29. The number of amides is 1. The van der Waals surface area contributed by atoms with Crippen LogP contribution in [0.1, 0.15) is 31.4 Å². The maximum atomic E-state index is 11.8. The zero-order chi connectivity index (χ0) is 19.4. The molecule has 0 aromatic heterocycles. The van der Waals surface area contributed by atoms with Gasteiger partial charge in [-0.3, -0.25) is 10.2 Å². The predicted molar refractivity (Wildman–Crippen MR) is 107 cm³/mol. The average Bonchev–Trinajstić information content (AvgIpc) is 3.26. The summed E-state index contributed by atoms with van der Waals surface area (Å²) >= 11 is 0. The van der Waals surface area contributed by atoms with E-state index < -0.39 is 0 Å². The quantitative estimate of drug-likeness (QED) is 0.694. The number of hydrogen-bond donors (Lipinski definition) is 3. The molecule has 0 radical (unpaired) electrons. The third-order valence-electron chi connectivity index (χ3n) is 6.16. The molecule has 7 nitrogen and oxygen atoms in total. The van der Waals surface area contributed by atoms with Gasteiger partial charge in [0.2, 0.25) is 5.91 Å². The minimum atomic E-state index is -0.336. The molecule has 1 aromatic rings. The number of carbonyl (C=O) groups is 1. The standard InChI is InChI=1S/C21H32N4O3/c1-16(26)25-9-10-27-15-21(14-25)8-7-19(28-21)13-22-11-18-12-23-24-20(18)17-5-3-2-4-6-17/h2-6,18-20,22-24H,7-15H2,1H3/t18?,19-,20?,21+/m0/s1. The van der Waals surface area contributed by atoms with E-state index in [4.69, 9.17) is 9.47 Å². The molecule has 3 fully saturated rings. The van der Waals surface area contributed by atoms with Crippen molar-refractivity contribution in [3.05, 3.63) is 35.9 Å². The van der Waals surface area contributed by atoms with Crippen LogP contribution in [0.4, 0.5) is 0 Å². The van der Waals surface area contributed by atoms with Gasteiger partial charge in [-0.1, -0.05) is 30.3 Å². The first-order valence-electron chi connectivity index (χ1n) is 10.4. The Bertz CT molecular complexity index is 658. The fourth-order valence-corrected chi connectivity index (χ4v) is 4.61. The van der Waals surface area contributed by atoms with Crippen molar-refractivity contribution in [2.45, 2.75) is 37.5 Å². The van der Waals surface area contributed by atoms with Gasteiger partial charge < -0.3 is 19.7 Å². The van der Waals surface area contributed by atoms with Gasteiger partial charge in [0.25, 0.3) is 0 Å². The van der Waals surface area contributed by atoms with E-state index in [2.05, 4.69) is 46.5 Å². The molecule has 154 valence electrons. The molecular formula is C21H32N4O3. The van der Waals surface area contributed by atoms with Gasteiger partial charge >= 0.3 is 0 Å². The van der Waals surface area contributed by atoms with Crippen molar-refractivity contribution in [2.24, 2.45) is 5.92 Å². The number of nitrogens with zero attached hydrogens (tertiary/aromatic N) is 1. The van der Waals surface area contributed by atoms with Gasteiger partial charge in [-0.2, -0.15) is 0 Å². The van der Waals surface area contributed by atoms with Gasteiger partial charge in [0.15, 0.2) is 0 Å². The van der Waals surface area contributed by atoms with E-state index in [1.54, 1.807) is 6.92 Å². The van der Waals surface area contributed by atoms with E-state index >= 15 is 0 Å². The molecule has 3 saturated heterocycles. The van der Waals surface area contributed by atoms with Crippen LogP contribution in [-0.4, -0.2) is 68.4 Å². The molecule has 3 aliphatic heterocycles. The van der Waals surface area contributed by atoms with Crippen molar-refractivity contribution in [2.75, 3.05) is 45.9 Å². The van der Waals surface area contributed by atoms with E-state index in [-0.39, 0.29) is 17.6 Å². The predicted octanol–water partition coefficient (Wildman–Crippen LogP) is 0.838. The fourth-order valence-electron chi connectivity index (χ4n) is 4.61. The summed E-state index contributed by atoms with van der Waals surface area (Å²) in [4.78, 5) is 13.7.